The maximum atomic E-state index is 16.0. The molecule has 0 atom stereocenters. The lowest BCUT2D eigenvalue weighted by molar-refractivity contribution is -0.162. The number of carbonyl (C=O) groups is 1. The van der Waals surface area contributed by atoms with Crippen LogP contribution in [0.15, 0.2) is 77.9 Å². The van der Waals surface area contributed by atoms with Gasteiger partial charge in [-0.05, 0) is 61.6 Å². The Morgan fingerprint density at radius 2 is 1.76 bits per heavy atom. The lowest BCUT2D eigenvalue weighted by Gasteiger charge is -2.35. The van der Waals surface area contributed by atoms with Gasteiger partial charge < -0.3 is 28.6 Å². The lowest BCUT2D eigenvalue weighted by atomic mass is 9.84. The molecule has 1 fully saturated rings. The zero-order chi connectivity index (χ0) is 34.4. The van der Waals surface area contributed by atoms with Crippen molar-refractivity contribution in [2.24, 2.45) is 4.99 Å². The van der Waals surface area contributed by atoms with Gasteiger partial charge in [0, 0.05) is 19.7 Å². The average molecular weight is 669 g/mol. The minimum atomic E-state index is -1.21. The molecule has 0 radical (unpaired) electrons. The van der Waals surface area contributed by atoms with Crippen LogP contribution in [-0.4, -0.2) is 54.5 Å². The first-order valence-electron chi connectivity index (χ1n) is 15.9. The van der Waals surface area contributed by atoms with Crippen LogP contribution in [-0.2, 0) is 16.1 Å². The average Bonchev–Trinajstić information content (AvgIpc) is 3.56. The zero-order valence-electron chi connectivity index (χ0n) is 27.1. The molecule has 12 heteroatoms. The molecule has 252 valence electrons. The number of pyridine rings is 1. The third-order valence-corrected chi connectivity index (χ3v) is 8.41. The van der Waals surface area contributed by atoms with E-state index < -0.39 is 34.8 Å². The third-order valence-electron chi connectivity index (χ3n) is 8.41. The Hall–Kier alpha value is -5.70. The molecule has 4 aromatic rings. The van der Waals surface area contributed by atoms with Crippen LogP contribution in [0, 0.1) is 23.0 Å². The summed E-state index contributed by atoms with van der Waals surface area (Å²) >= 11 is 0. The molecule has 3 aromatic carbocycles. The van der Waals surface area contributed by atoms with E-state index in [-0.39, 0.29) is 29.4 Å². The Kier molecular flexibility index (Phi) is 9.89. The number of hydrogen-bond acceptors (Lipinski definition) is 10. The predicted octanol–water partition coefficient (Wildman–Crippen LogP) is 7.34. The number of nitriles is 1. The number of methoxy groups -OCH3 is 1. The molecule has 6 rings (SSSR count). The fourth-order valence-corrected chi connectivity index (χ4v) is 5.87. The second-order valence-corrected chi connectivity index (χ2v) is 11.7. The first-order valence-corrected chi connectivity index (χ1v) is 15.9. The first-order chi connectivity index (χ1) is 23.8. The van der Waals surface area contributed by atoms with Gasteiger partial charge in [0.25, 0.3) is 5.88 Å². The van der Waals surface area contributed by atoms with Crippen LogP contribution in [0.1, 0.15) is 48.8 Å². The predicted molar refractivity (Wildman–Crippen MR) is 175 cm³/mol. The Labute approximate surface area is 282 Å². The molecule has 10 nitrogen and oxygen atoms in total. The molecule has 1 saturated carbocycles. The molecular weight excluding hydrogens is 634 g/mol. The number of carbonyl (C=O) groups excluding carboxylic acids is 1. The van der Waals surface area contributed by atoms with Crippen LogP contribution in [0.3, 0.4) is 0 Å². The number of hydrogen-bond donors (Lipinski definition) is 0. The van der Waals surface area contributed by atoms with Gasteiger partial charge >= 0.3 is 5.97 Å². The minimum Gasteiger partial charge on any atom is -0.485 e. The number of aromatic nitrogens is 1. The van der Waals surface area contributed by atoms with E-state index in [4.69, 9.17) is 23.7 Å². The van der Waals surface area contributed by atoms with Gasteiger partial charge in [0.2, 0.25) is 17.2 Å². The quantitative estimate of drug-likeness (QED) is 0.151. The van der Waals surface area contributed by atoms with Crippen molar-refractivity contribution < 1.29 is 37.3 Å². The fourth-order valence-electron chi connectivity index (χ4n) is 5.87. The van der Waals surface area contributed by atoms with Gasteiger partial charge in [-0.3, -0.25) is 4.99 Å². The molecular formula is C37H34F2N4O6. The smallest absolute Gasteiger partial charge is 0.350 e. The number of halogens is 2. The van der Waals surface area contributed by atoms with E-state index in [9.17, 15) is 10.1 Å². The second-order valence-electron chi connectivity index (χ2n) is 11.7. The number of likely N-dealkylation sites (N-methyl/N-ethyl adjacent to an activating group) is 1. The van der Waals surface area contributed by atoms with Gasteiger partial charge in [-0.2, -0.15) is 9.65 Å². The monoisotopic (exact) mass is 668 g/mol. The van der Waals surface area contributed by atoms with Gasteiger partial charge in [0.1, 0.15) is 23.9 Å². The van der Waals surface area contributed by atoms with E-state index in [1.54, 1.807) is 12.1 Å². The Bertz CT molecular complexity index is 1910. The van der Waals surface area contributed by atoms with Crippen LogP contribution >= 0.6 is 0 Å². The van der Waals surface area contributed by atoms with Crippen molar-refractivity contribution in [3.63, 3.8) is 0 Å². The van der Waals surface area contributed by atoms with Crippen LogP contribution in [0.2, 0.25) is 0 Å². The van der Waals surface area contributed by atoms with Crippen LogP contribution < -0.4 is 18.9 Å². The molecule has 2 aliphatic rings. The fraction of sp³-hybridized carbons (Fsp3) is 0.297. The summed E-state index contributed by atoms with van der Waals surface area (Å²) < 4.78 is 60.4. The highest BCUT2D eigenvalue weighted by Crippen LogP contribution is 2.40. The van der Waals surface area contributed by atoms with Crippen LogP contribution in [0.25, 0.3) is 0 Å². The molecule has 0 spiro atoms. The van der Waals surface area contributed by atoms with E-state index >= 15 is 8.78 Å². The Morgan fingerprint density at radius 1 is 0.980 bits per heavy atom. The zero-order valence-corrected chi connectivity index (χ0v) is 27.1. The van der Waals surface area contributed by atoms with Gasteiger partial charge in [-0.25, -0.2) is 14.2 Å². The first kappa shape index (κ1) is 33.2. The van der Waals surface area contributed by atoms with Gasteiger partial charge in [-0.1, -0.05) is 36.8 Å². The molecule has 0 saturated heterocycles. The van der Waals surface area contributed by atoms with E-state index in [1.807, 2.05) is 48.3 Å². The molecule has 0 N–H and O–H groups in total. The van der Waals surface area contributed by atoms with Crippen molar-refractivity contribution in [3.8, 4) is 40.7 Å². The summed E-state index contributed by atoms with van der Waals surface area (Å²) in [6.07, 6.45) is 4.39. The molecule has 0 amide bonds. The topological polar surface area (TPSA) is 116 Å². The van der Waals surface area contributed by atoms with Gasteiger partial charge in [-0.15, -0.1) is 0 Å². The number of nitrogens with zero attached hydrogens (tertiary/aromatic N) is 4. The molecule has 1 aromatic heterocycles. The summed E-state index contributed by atoms with van der Waals surface area (Å²) in [5, 5.41) is 9.48. The molecule has 0 bridgehead atoms. The van der Waals surface area contributed by atoms with E-state index in [2.05, 4.69) is 9.98 Å². The number of benzene rings is 3. The largest absolute Gasteiger partial charge is 0.485 e. The number of ether oxygens (including phenoxy) is 5. The molecule has 0 unspecified atom stereocenters. The molecule has 49 heavy (non-hydrogen) atoms. The van der Waals surface area contributed by atoms with Crippen molar-refractivity contribution in [1.82, 2.24) is 9.88 Å². The summed E-state index contributed by atoms with van der Waals surface area (Å²) in [5.41, 5.74) is 0.378. The number of rotatable bonds is 11. The number of aliphatic imine (C=N–C) groups is 1. The number of amidine groups is 1. The third kappa shape index (κ3) is 7.26. The molecule has 2 heterocycles. The standard InChI is InChI=1S/C37H34F2N4O6/c1-43-18-17-41-34(43)27-20-26(49-37(36(44)45-2)15-7-4-8-16-37)12-14-29(27)47-33-28(38)22-42-35(32(33)39)48-31-19-25(21-40)11-13-30(31)46-23-24-9-5-3-6-10-24/h3,5-6,9-14,19-20,22H,4,7-8,15-18,23H2,1-2H3. The van der Waals surface area contributed by atoms with Gasteiger partial charge in [0.05, 0.1) is 37.0 Å². The second kappa shape index (κ2) is 14.6. The van der Waals surface area contributed by atoms with E-state index in [0.29, 0.717) is 43.1 Å². The van der Waals surface area contributed by atoms with Gasteiger partial charge in [0.15, 0.2) is 17.3 Å². The molecule has 1 aliphatic heterocycles. The van der Waals surface area contributed by atoms with Crippen molar-refractivity contribution >= 4 is 11.8 Å². The Morgan fingerprint density at radius 3 is 2.47 bits per heavy atom. The maximum Gasteiger partial charge on any atom is 0.350 e. The normalized spacial score (nSPS) is 15.2. The van der Waals surface area contributed by atoms with Crippen molar-refractivity contribution in [3.05, 3.63) is 101 Å². The van der Waals surface area contributed by atoms with Crippen molar-refractivity contribution in [2.45, 2.75) is 44.3 Å². The summed E-state index contributed by atoms with van der Waals surface area (Å²) in [6, 6.07) is 20.6. The Balaban J connectivity index is 1.32. The van der Waals surface area contributed by atoms with Crippen LogP contribution in [0.5, 0.6) is 34.6 Å². The summed E-state index contributed by atoms with van der Waals surface area (Å²) in [4.78, 5) is 23.2. The van der Waals surface area contributed by atoms with E-state index in [0.717, 1.165) is 31.0 Å². The highest BCUT2D eigenvalue weighted by molar-refractivity contribution is 6.02. The summed E-state index contributed by atoms with van der Waals surface area (Å²) in [5.74, 6) is -2.89. The van der Waals surface area contributed by atoms with E-state index in [1.165, 1.54) is 31.4 Å². The molecule has 1 aliphatic carbocycles. The summed E-state index contributed by atoms with van der Waals surface area (Å²) in [7, 11) is 3.17. The highest BCUT2D eigenvalue weighted by Gasteiger charge is 2.43. The van der Waals surface area contributed by atoms with Crippen molar-refractivity contribution in [2.75, 3.05) is 27.2 Å². The van der Waals surface area contributed by atoms with Crippen LogP contribution in [0.4, 0.5) is 8.78 Å². The SMILES string of the molecule is COC(=O)C1(Oc2ccc(Oc3c(F)cnc(Oc4cc(C#N)ccc4OCc4ccccc4)c3F)c(C3=NCCN3C)c2)CCCCC1. The summed E-state index contributed by atoms with van der Waals surface area (Å²) in [6.45, 7) is 1.31. The lowest BCUT2D eigenvalue weighted by Crippen LogP contribution is -2.47. The number of esters is 1. The maximum absolute atomic E-state index is 16.0. The minimum absolute atomic E-state index is 0.00492. The van der Waals surface area contributed by atoms with Crippen molar-refractivity contribution in [1.29, 1.82) is 5.26 Å². The highest BCUT2D eigenvalue weighted by atomic mass is 19.1.